The van der Waals surface area contributed by atoms with Crippen LogP contribution < -0.4 is 15.4 Å². The molecule has 0 saturated heterocycles. The second-order valence-electron chi connectivity index (χ2n) is 6.64. The van der Waals surface area contributed by atoms with Gasteiger partial charge in [0.1, 0.15) is 0 Å². The fourth-order valence-electron chi connectivity index (χ4n) is 2.72. The lowest BCUT2D eigenvalue weighted by atomic mass is 10.2. The summed E-state index contributed by atoms with van der Waals surface area (Å²) in [6.45, 7) is 8.23. The van der Waals surface area contributed by atoms with Gasteiger partial charge in [-0.1, -0.05) is 17.7 Å². The number of aliphatic imine (C=N–C) groups is 1. The Morgan fingerprint density at radius 3 is 2.36 bits per heavy atom. The molecule has 0 fully saturated rings. The number of hydrogen-bond donors (Lipinski definition) is 3. The summed E-state index contributed by atoms with van der Waals surface area (Å²) in [7, 11) is -1.81. The molecule has 0 unspecified atom stereocenters. The van der Waals surface area contributed by atoms with Gasteiger partial charge in [0.2, 0.25) is 10.0 Å². The van der Waals surface area contributed by atoms with Gasteiger partial charge in [-0.15, -0.1) is 0 Å². The molecule has 0 amide bonds. The first kappa shape index (κ1) is 21.9. The van der Waals surface area contributed by atoms with E-state index < -0.39 is 10.0 Å². The van der Waals surface area contributed by atoms with Crippen LogP contribution in [0.2, 0.25) is 0 Å². The van der Waals surface area contributed by atoms with Crippen molar-refractivity contribution in [1.29, 1.82) is 0 Å². The van der Waals surface area contributed by atoms with Crippen LogP contribution in [-0.2, 0) is 16.6 Å². The first-order valence-corrected chi connectivity index (χ1v) is 10.8. The van der Waals surface area contributed by atoms with Crippen LogP contribution in [-0.4, -0.2) is 50.8 Å². The molecule has 2 rings (SSSR count). The van der Waals surface area contributed by atoms with E-state index in [1.165, 1.54) is 0 Å². The number of benzene rings is 1. The summed E-state index contributed by atoms with van der Waals surface area (Å²) in [5, 5.41) is 10.8. The first-order valence-electron chi connectivity index (χ1n) is 9.34. The molecule has 154 valence electrons. The standard InChI is InChI=1S/C19H30N6O2S/c1-15-6-8-18(9-7-15)28(26,27)23-12-11-22-19(20-4)21-10-5-13-25-17(3)14-16(2)24-25/h6-9,14,23H,5,10-13H2,1-4H3,(H2,20,21,22). The minimum absolute atomic E-state index is 0.267. The van der Waals surface area contributed by atoms with Crippen LogP contribution in [0.15, 0.2) is 40.2 Å². The Morgan fingerprint density at radius 1 is 1.07 bits per heavy atom. The number of aryl methyl sites for hydroxylation is 4. The summed E-state index contributed by atoms with van der Waals surface area (Å²) in [6.07, 6.45) is 0.905. The summed E-state index contributed by atoms with van der Waals surface area (Å²) < 4.78 is 29.1. The Hall–Kier alpha value is -2.39. The third-order valence-corrected chi connectivity index (χ3v) is 5.68. The third-order valence-electron chi connectivity index (χ3n) is 4.21. The number of sulfonamides is 1. The van der Waals surface area contributed by atoms with Gasteiger partial charge in [-0.25, -0.2) is 13.1 Å². The Labute approximate surface area is 167 Å². The highest BCUT2D eigenvalue weighted by atomic mass is 32.2. The average molecular weight is 407 g/mol. The largest absolute Gasteiger partial charge is 0.356 e. The van der Waals surface area contributed by atoms with E-state index in [1.807, 2.05) is 25.5 Å². The highest BCUT2D eigenvalue weighted by Gasteiger charge is 2.12. The number of nitrogens with one attached hydrogen (secondary N) is 3. The van der Waals surface area contributed by atoms with Crippen LogP contribution in [0.3, 0.4) is 0 Å². The van der Waals surface area contributed by atoms with Gasteiger partial charge in [-0.05, 0) is 45.4 Å². The molecule has 0 bridgehead atoms. The number of guanidine groups is 1. The molecule has 0 saturated carbocycles. The Morgan fingerprint density at radius 2 is 1.75 bits per heavy atom. The second-order valence-corrected chi connectivity index (χ2v) is 8.41. The van der Waals surface area contributed by atoms with Crippen LogP contribution >= 0.6 is 0 Å². The molecule has 1 aromatic carbocycles. The lowest BCUT2D eigenvalue weighted by molar-refractivity contribution is 0.555. The van der Waals surface area contributed by atoms with Crippen LogP contribution in [0.25, 0.3) is 0 Å². The van der Waals surface area contributed by atoms with E-state index in [1.54, 1.807) is 31.3 Å². The molecule has 0 spiro atoms. The number of aromatic nitrogens is 2. The van der Waals surface area contributed by atoms with Gasteiger partial charge in [-0.2, -0.15) is 5.10 Å². The van der Waals surface area contributed by atoms with E-state index in [9.17, 15) is 8.42 Å². The Balaban J connectivity index is 1.68. The third kappa shape index (κ3) is 6.65. The molecule has 0 radical (unpaired) electrons. The minimum atomic E-state index is -3.50. The molecule has 28 heavy (non-hydrogen) atoms. The van der Waals surface area contributed by atoms with E-state index in [-0.39, 0.29) is 11.4 Å². The Kier molecular flexibility index (Phi) is 8.01. The topological polar surface area (TPSA) is 100 Å². The van der Waals surface area contributed by atoms with Crippen LogP contribution in [0.1, 0.15) is 23.4 Å². The highest BCUT2D eigenvalue weighted by molar-refractivity contribution is 7.89. The summed E-state index contributed by atoms with van der Waals surface area (Å²) in [5.74, 6) is 0.642. The lowest BCUT2D eigenvalue weighted by Gasteiger charge is -2.13. The molecule has 0 aliphatic heterocycles. The maximum Gasteiger partial charge on any atom is 0.240 e. The minimum Gasteiger partial charge on any atom is -0.356 e. The van der Waals surface area contributed by atoms with Crippen LogP contribution in [0, 0.1) is 20.8 Å². The predicted octanol–water partition coefficient (Wildman–Crippen LogP) is 1.34. The van der Waals surface area contributed by atoms with Crippen molar-refractivity contribution in [2.75, 3.05) is 26.7 Å². The summed E-state index contributed by atoms with van der Waals surface area (Å²) in [5.41, 5.74) is 3.20. The molecule has 1 heterocycles. The SMILES string of the molecule is CN=C(NCCCn1nc(C)cc1C)NCCNS(=O)(=O)c1ccc(C)cc1. The van der Waals surface area contributed by atoms with Gasteiger partial charge < -0.3 is 10.6 Å². The summed E-state index contributed by atoms with van der Waals surface area (Å²) in [4.78, 5) is 4.42. The fraction of sp³-hybridized carbons (Fsp3) is 0.474. The molecule has 0 aliphatic carbocycles. The zero-order chi connectivity index (χ0) is 20.6. The maximum absolute atomic E-state index is 12.2. The zero-order valence-electron chi connectivity index (χ0n) is 17.0. The monoisotopic (exact) mass is 406 g/mol. The zero-order valence-corrected chi connectivity index (χ0v) is 17.8. The average Bonchev–Trinajstić information content (AvgIpc) is 2.98. The normalized spacial score (nSPS) is 12.2. The van der Waals surface area contributed by atoms with E-state index in [0.29, 0.717) is 12.5 Å². The van der Waals surface area contributed by atoms with E-state index in [4.69, 9.17) is 0 Å². The van der Waals surface area contributed by atoms with E-state index >= 15 is 0 Å². The number of hydrogen-bond acceptors (Lipinski definition) is 4. The number of rotatable bonds is 9. The van der Waals surface area contributed by atoms with Gasteiger partial charge in [0.15, 0.2) is 5.96 Å². The Bertz CT molecular complexity index is 888. The van der Waals surface area contributed by atoms with E-state index in [0.717, 1.165) is 36.5 Å². The van der Waals surface area contributed by atoms with Crippen molar-refractivity contribution in [2.45, 2.75) is 38.6 Å². The van der Waals surface area contributed by atoms with Crippen molar-refractivity contribution >= 4 is 16.0 Å². The molecule has 3 N–H and O–H groups in total. The highest BCUT2D eigenvalue weighted by Crippen LogP contribution is 2.09. The van der Waals surface area contributed by atoms with Crippen molar-refractivity contribution in [3.63, 3.8) is 0 Å². The smallest absolute Gasteiger partial charge is 0.240 e. The predicted molar refractivity (Wildman–Crippen MR) is 112 cm³/mol. The van der Waals surface area contributed by atoms with Gasteiger partial charge in [-0.3, -0.25) is 9.67 Å². The van der Waals surface area contributed by atoms with Gasteiger partial charge in [0.25, 0.3) is 0 Å². The first-order chi connectivity index (χ1) is 13.3. The van der Waals surface area contributed by atoms with Crippen molar-refractivity contribution in [3.05, 3.63) is 47.3 Å². The van der Waals surface area contributed by atoms with E-state index in [2.05, 4.69) is 31.5 Å². The lowest BCUT2D eigenvalue weighted by Crippen LogP contribution is -2.42. The molecular weight excluding hydrogens is 376 g/mol. The van der Waals surface area contributed by atoms with Crippen molar-refractivity contribution in [2.24, 2.45) is 4.99 Å². The van der Waals surface area contributed by atoms with Crippen molar-refractivity contribution < 1.29 is 8.42 Å². The summed E-state index contributed by atoms with van der Waals surface area (Å²) in [6, 6.07) is 8.84. The van der Waals surface area contributed by atoms with Crippen LogP contribution in [0.4, 0.5) is 0 Å². The molecule has 1 aromatic heterocycles. The van der Waals surface area contributed by atoms with Crippen molar-refractivity contribution in [3.8, 4) is 0 Å². The molecule has 0 aliphatic rings. The second kappa shape index (κ2) is 10.2. The molecular formula is C19H30N6O2S. The van der Waals surface area contributed by atoms with Gasteiger partial charge in [0.05, 0.1) is 10.6 Å². The quantitative estimate of drug-likeness (QED) is 0.331. The van der Waals surface area contributed by atoms with Gasteiger partial charge in [0, 0.05) is 38.9 Å². The molecule has 9 heteroatoms. The molecule has 2 aromatic rings. The molecule has 0 atom stereocenters. The van der Waals surface area contributed by atoms with Crippen LogP contribution in [0.5, 0.6) is 0 Å². The maximum atomic E-state index is 12.2. The fourth-order valence-corrected chi connectivity index (χ4v) is 3.76. The number of nitrogens with zero attached hydrogens (tertiary/aromatic N) is 3. The molecule has 8 nitrogen and oxygen atoms in total. The van der Waals surface area contributed by atoms with Crippen molar-refractivity contribution in [1.82, 2.24) is 25.1 Å². The summed E-state index contributed by atoms with van der Waals surface area (Å²) >= 11 is 0. The van der Waals surface area contributed by atoms with Gasteiger partial charge >= 0.3 is 0 Å².